The van der Waals surface area contributed by atoms with Crippen LogP contribution in [-0.2, 0) is 12.4 Å². The summed E-state index contributed by atoms with van der Waals surface area (Å²) in [7, 11) is 0. The lowest BCUT2D eigenvalue weighted by atomic mass is 9.96. The molecular formula is C16H11F6N3. The van der Waals surface area contributed by atoms with Gasteiger partial charge in [-0.25, -0.2) is 4.98 Å². The molecule has 0 radical (unpaired) electrons. The number of fused-ring (bicyclic) bond motifs is 1. The van der Waals surface area contributed by atoms with Crippen LogP contribution in [0.2, 0.25) is 0 Å². The van der Waals surface area contributed by atoms with Gasteiger partial charge in [-0.3, -0.25) is 5.10 Å². The molecule has 0 atom stereocenters. The molecule has 0 aliphatic heterocycles. The Morgan fingerprint density at radius 3 is 2.16 bits per heavy atom. The largest absolute Gasteiger partial charge is 0.433 e. The molecule has 0 bridgehead atoms. The molecule has 0 spiro atoms. The number of alkyl halides is 6. The molecule has 2 aromatic heterocycles. The van der Waals surface area contributed by atoms with E-state index in [-0.39, 0.29) is 10.9 Å². The quantitative estimate of drug-likeness (QED) is 0.601. The average Bonchev–Trinajstić information content (AvgIpc) is 2.82. The number of aryl methyl sites for hydroxylation is 2. The lowest BCUT2D eigenvalue weighted by Gasteiger charge is -2.15. The zero-order valence-electron chi connectivity index (χ0n) is 13.0. The molecule has 0 unspecified atom stereocenters. The number of para-hydroxylation sites is 1. The van der Waals surface area contributed by atoms with Gasteiger partial charge in [0.25, 0.3) is 0 Å². The molecule has 3 rings (SSSR count). The Balaban J connectivity index is 2.48. The Labute approximate surface area is 137 Å². The second-order valence-electron chi connectivity index (χ2n) is 5.56. The molecular weight excluding hydrogens is 348 g/mol. The second kappa shape index (κ2) is 5.47. The zero-order chi connectivity index (χ0) is 18.6. The first-order valence-corrected chi connectivity index (χ1v) is 7.10. The van der Waals surface area contributed by atoms with Crippen LogP contribution >= 0.6 is 0 Å². The first-order valence-electron chi connectivity index (χ1n) is 7.10. The highest BCUT2D eigenvalue weighted by Gasteiger charge is 2.37. The molecule has 0 saturated heterocycles. The van der Waals surface area contributed by atoms with Crippen molar-refractivity contribution >= 4 is 10.9 Å². The van der Waals surface area contributed by atoms with Crippen LogP contribution in [0.1, 0.15) is 22.6 Å². The molecule has 0 saturated carbocycles. The fraction of sp³-hybridized carbons (Fsp3) is 0.250. The minimum absolute atomic E-state index is 0.00664. The summed E-state index contributed by atoms with van der Waals surface area (Å²) in [6.07, 6.45) is -9.71. The lowest BCUT2D eigenvalue weighted by Crippen LogP contribution is -2.12. The van der Waals surface area contributed by atoms with Crippen LogP contribution in [0.15, 0.2) is 24.3 Å². The summed E-state index contributed by atoms with van der Waals surface area (Å²) in [5, 5.41) is 6.52. The first-order chi connectivity index (χ1) is 11.5. The SMILES string of the molecule is Cc1n[nH]c(C)c1-c1cc(C(F)(F)F)nc2c(C(F)(F)F)cccc12. The summed E-state index contributed by atoms with van der Waals surface area (Å²) in [6.45, 7) is 3.15. The summed E-state index contributed by atoms with van der Waals surface area (Å²) in [5.74, 6) is 0. The minimum atomic E-state index is -4.88. The first kappa shape index (κ1) is 17.2. The van der Waals surface area contributed by atoms with Gasteiger partial charge in [-0.05, 0) is 31.5 Å². The van der Waals surface area contributed by atoms with Gasteiger partial charge < -0.3 is 0 Å². The van der Waals surface area contributed by atoms with Gasteiger partial charge in [-0.1, -0.05) is 12.1 Å². The molecule has 0 fully saturated rings. The molecule has 132 valence electrons. The molecule has 3 nitrogen and oxygen atoms in total. The predicted molar refractivity (Wildman–Crippen MR) is 78.8 cm³/mol. The van der Waals surface area contributed by atoms with Crippen LogP contribution in [0.3, 0.4) is 0 Å². The molecule has 25 heavy (non-hydrogen) atoms. The van der Waals surface area contributed by atoms with E-state index in [9.17, 15) is 26.3 Å². The van der Waals surface area contributed by atoms with E-state index >= 15 is 0 Å². The Morgan fingerprint density at radius 1 is 0.960 bits per heavy atom. The zero-order valence-corrected chi connectivity index (χ0v) is 13.0. The van der Waals surface area contributed by atoms with Gasteiger partial charge in [0.1, 0.15) is 5.69 Å². The van der Waals surface area contributed by atoms with E-state index in [1.54, 1.807) is 13.8 Å². The fourth-order valence-electron chi connectivity index (χ4n) is 2.78. The van der Waals surface area contributed by atoms with E-state index in [1.807, 2.05) is 0 Å². The number of benzene rings is 1. The Kier molecular flexibility index (Phi) is 3.77. The lowest BCUT2D eigenvalue weighted by molar-refractivity contribution is -0.142. The van der Waals surface area contributed by atoms with Crippen LogP contribution in [0.5, 0.6) is 0 Å². The molecule has 1 N–H and O–H groups in total. The standard InChI is InChI=1S/C16H11F6N3/c1-7-13(8(2)25-24-7)10-6-12(16(20,21)22)23-14-9(10)4-3-5-11(14)15(17,18)19/h3-6H,1-2H3,(H,24,25). The van der Waals surface area contributed by atoms with Crippen LogP contribution in [0.25, 0.3) is 22.0 Å². The van der Waals surface area contributed by atoms with Gasteiger partial charge in [0.2, 0.25) is 0 Å². The number of aromatic amines is 1. The van der Waals surface area contributed by atoms with E-state index in [0.717, 1.165) is 12.1 Å². The maximum atomic E-state index is 13.2. The van der Waals surface area contributed by atoms with E-state index < -0.39 is 29.1 Å². The molecule has 0 aliphatic carbocycles. The van der Waals surface area contributed by atoms with Gasteiger partial charge >= 0.3 is 12.4 Å². The van der Waals surface area contributed by atoms with Crippen molar-refractivity contribution in [1.82, 2.24) is 15.2 Å². The number of hydrogen-bond acceptors (Lipinski definition) is 2. The van der Waals surface area contributed by atoms with Crippen molar-refractivity contribution in [3.63, 3.8) is 0 Å². The van der Waals surface area contributed by atoms with Crippen molar-refractivity contribution in [3.05, 3.63) is 46.9 Å². The van der Waals surface area contributed by atoms with Crippen molar-refractivity contribution in [3.8, 4) is 11.1 Å². The highest BCUT2D eigenvalue weighted by Crippen LogP contribution is 2.41. The number of aromatic nitrogens is 3. The molecule has 1 aromatic carbocycles. The summed E-state index contributed by atoms with van der Waals surface area (Å²) >= 11 is 0. The number of rotatable bonds is 1. The van der Waals surface area contributed by atoms with Crippen molar-refractivity contribution in [2.45, 2.75) is 26.2 Å². The van der Waals surface area contributed by atoms with E-state index in [2.05, 4.69) is 15.2 Å². The molecule has 9 heteroatoms. The number of nitrogens with zero attached hydrogens (tertiary/aromatic N) is 2. The summed E-state index contributed by atoms with van der Waals surface area (Å²) in [4.78, 5) is 3.27. The van der Waals surface area contributed by atoms with Gasteiger partial charge in [-0.15, -0.1) is 0 Å². The molecule has 3 aromatic rings. The third-order valence-corrected chi connectivity index (χ3v) is 3.83. The van der Waals surface area contributed by atoms with Crippen LogP contribution in [0.4, 0.5) is 26.3 Å². The van der Waals surface area contributed by atoms with Crippen molar-refractivity contribution in [2.75, 3.05) is 0 Å². The number of hydrogen-bond donors (Lipinski definition) is 1. The third kappa shape index (κ3) is 2.94. The third-order valence-electron chi connectivity index (χ3n) is 3.83. The smallest absolute Gasteiger partial charge is 0.282 e. The van der Waals surface area contributed by atoms with Gasteiger partial charge in [0.05, 0.1) is 16.8 Å². The van der Waals surface area contributed by atoms with Crippen LogP contribution in [0, 0.1) is 13.8 Å². The van der Waals surface area contributed by atoms with E-state index in [4.69, 9.17) is 0 Å². The van der Waals surface area contributed by atoms with E-state index in [1.165, 1.54) is 6.07 Å². The normalized spacial score (nSPS) is 12.8. The Morgan fingerprint density at radius 2 is 1.64 bits per heavy atom. The fourth-order valence-corrected chi connectivity index (χ4v) is 2.78. The van der Waals surface area contributed by atoms with Gasteiger partial charge in [-0.2, -0.15) is 31.4 Å². The average molecular weight is 359 g/mol. The summed E-state index contributed by atoms with van der Waals surface area (Å²) in [6, 6.07) is 3.94. The predicted octanol–water partition coefficient (Wildman–Crippen LogP) is 5.28. The highest BCUT2D eigenvalue weighted by atomic mass is 19.4. The number of halogens is 6. The molecule has 0 aliphatic rings. The van der Waals surface area contributed by atoms with Crippen LogP contribution in [-0.4, -0.2) is 15.2 Å². The van der Waals surface area contributed by atoms with Gasteiger partial charge in [0, 0.05) is 16.6 Å². The Bertz CT molecular complexity index is 933. The molecule has 2 heterocycles. The highest BCUT2D eigenvalue weighted by molar-refractivity contribution is 5.97. The minimum Gasteiger partial charge on any atom is -0.282 e. The monoisotopic (exact) mass is 359 g/mol. The maximum absolute atomic E-state index is 13.2. The maximum Gasteiger partial charge on any atom is 0.433 e. The van der Waals surface area contributed by atoms with Crippen molar-refractivity contribution in [1.29, 1.82) is 0 Å². The van der Waals surface area contributed by atoms with Gasteiger partial charge in [0.15, 0.2) is 0 Å². The van der Waals surface area contributed by atoms with Crippen molar-refractivity contribution in [2.24, 2.45) is 0 Å². The van der Waals surface area contributed by atoms with Crippen LogP contribution < -0.4 is 0 Å². The number of H-pyrrole nitrogens is 1. The van der Waals surface area contributed by atoms with E-state index in [0.29, 0.717) is 23.0 Å². The van der Waals surface area contributed by atoms with Crippen molar-refractivity contribution < 1.29 is 26.3 Å². The summed E-state index contributed by atoms with van der Waals surface area (Å²) < 4.78 is 79.3. The Hall–Kier alpha value is -2.58. The number of pyridine rings is 1. The number of nitrogens with one attached hydrogen (secondary N) is 1. The second-order valence-corrected chi connectivity index (χ2v) is 5.56. The topological polar surface area (TPSA) is 41.6 Å². The summed E-state index contributed by atoms with van der Waals surface area (Å²) in [5.41, 5.74) is -2.15. The molecule has 0 amide bonds.